The lowest BCUT2D eigenvalue weighted by Gasteiger charge is -2.20. The molecule has 0 spiro atoms. The molecule has 2 rings (SSSR count). The number of rotatable bonds is 6. The number of halogens is 2. The molecule has 0 saturated heterocycles. The fraction of sp³-hybridized carbons (Fsp3) is 0.235. The highest BCUT2D eigenvalue weighted by Gasteiger charge is 2.23. The van der Waals surface area contributed by atoms with Crippen molar-refractivity contribution in [3.63, 3.8) is 0 Å². The molecule has 0 heterocycles. The van der Waals surface area contributed by atoms with Crippen molar-refractivity contribution in [2.24, 2.45) is 0 Å². The van der Waals surface area contributed by atoms with Crippen molar-refractivity contribution >= 4 is 31.9 Å². The molecule has 0 radical (unpaired) electrons. The van der Waals surface area contributed by atoms with Gasteiger partial charge in [-0.05, 0) is 42.8 Å². The summed E-state index contributed by atoms with van der Waals surface area (Å²) < 4.78 is 39.5. The third-order valence-corrected chi connectivity index (χ3v) is 6.18. The van der Waals surface area contributed by atoms with Gasteiger partial charge in [-0.2, -0.15) is 4.31 Å². The van der Waals surface area contributed by atoms with Gasteiger partial charge in [0.05, 0.1) is 17.5 Å². The predicted octanol–water partition coefficient (Wildman–Crippen LogP) is 3.09. The van der Waals surface area contributed by atoms with Crippen LogP contribution in [0.4, 0.5) is 4.39 Å². The van der Waals surface area contributed by atoms with Crippen molar-refractivity contribution in [2.45, 2.75) is 17.9 Å². The van der Waals surface area contributed by atoms with Gasteiger partial charge >= 0.3 is 0 Å². The van der Waals surface area contributed by atoms with E-state index in [1.165, 1.54) is 19.2 Å². The molecule has 0 aromatic heterocycles. The van der Waals surface area contributed by atoms with Crippen molar-refractivity contribution in [2.75, 3.05) is 13.6 Å². The first-order chi connectivity index (χ1) is 11.7. The molecule has 0 aliphatic heterocycles. The van der Waals surface area contributed by atoms with E-state index in [0.29, 0.717) is 0 Å². The maximum atomic E-state index is 12.9. The van der Waals surface area contributed by atoms with E-state index in [-0.39, 0.29) is 17.5 Å². The minimum atomic E-state index is -3.86. The largest absolute Gasteiger partial charge is 0.348 e. The number of sulfonamides is 1. The molecule has 1 unspecified atom stereocenters. The lowest BCUT2D eigenvalue weighted by atomic mass is 10.1. The minimum Gasteiger partial charge on any atom is -0.348 e. The van der Waals surface area contributed by atoms with Gasteiger partial charge in [-0.25, -0.2) is 12.8 Å². The summed E-state index contributed by atoms with van der Waals surface area (Å²) in [6.45, 7) is 1.47. The zero-order chi connectivity index (χ0) is 18.6. The van der Waals surface area contributed by atoms with Gasteiger partial charge in [0.15, 0.2) is 0 Å². The molecule has 2 aromatic rings. The predicted molar refractivity (Wildman–Crippen MR) is 96.9 cm³/mol. The molecule has 25 heavy (non-hydrogen) atoms. The molecular formula is C17H18BrFN2O3S. The van der Waals surface area contributed by atoms with E-state index in [1.54, 1.807) is 0 Å². The summed E-state index contributed by atoms with van der Waals surface area (Å²) >= 11 is 3.42. The van der Waals surface area contributed by atoms with E-state index < -0.39 is 21.7 Å². The summed E-state index contributed by atoms with van der Waals surface area (Å²) in [7, 11) is -2.56. The number of carbonyl (C=O) groups is 1. The molecular weight excluding hydrogens is 411 g/mol. The Morgan fingerprint density at radius 2 is 1.80 bits per heavy atom. The maximum Gasteiger partial charge on any atom is 0.243 e. The van der Waals surface area contributed by atoms with E-state index in [9.17, 15) is 17.6 Å². The summed E-state index contributed by atoms with van der Waals surface area (Å²) in [5, 5.41) is 2.77. The molecule has 0 saturated carbocycles. The smallest absolute Gasteiger partial charge is 0.243 e. The highest BCUT2D eigenvalue weighted by molar-refractivity contribution is 9.10. The number of likely N-dealkylation sites (N-methyl/N-ethyl adjacent to an activating group) is 1. The van der Waals surface area contributed by atoms with Crippen LogP contribution >= 0.6 is 15.9 Å². The van der Waals surface area contributed by atoms with Crippen molar-refractivity contribution < 1.29 is 17.6 Å². The van der Waals surface area contributed by atoms with Crippen LogP contribution in [-0.2, 0) is 14.8 Å². The molecule has 2 aromatic carbocycles. The summed E-state index contributed by atoms with van der Waals surface area (Å²) in [4.78, 5) is 12.1. The quantitative estimate of drug-likeness (QED) is 0.768. The first-order valence-corrected chi connectivity index (χ1v) is 9.71. The van der Waals surface area contributed by atoms with Crippen LogP contribution in [-0.4, -0.2) is 32.2 Å². The highest BCUT2D eigenvalue weighted by Crippen LogP contribution is 2.22. The topological polar surface area (TPSA) is 66.5 Å². The Bertz CT molecular complexity index is 856. The lowest BCUT2D eigenvalue weighted by Crippen LogP contribution is -2.39. The first-order valence-electron chi connectivity index (χ1n) is 7.47. The zero-order valence-electron chi connectivity index (χ0n) is 13.7. The molecule has 134 valence electrons. The van der Waals surface area contributed by atoms with Crippen LogP contribution in [0, 0.1) is 5.82 Å². The van der Waals surface area contributed by atoms with Crippen molar-refractivity contribution in [3.8, 4) is 0 Å². The Morgan fingerprint density at radius 1 is 1.20 bits per heavy atom. The van der Waals surface area contributed by atoms with E-state index >= 15 is 0 Å². The molecule has 0 bridgehead atoms. The monoisotopic (exact) mass is 428 g/mol. The molecule has 0 fully saturated rings. The fourth-order valence-corrected chi connectivity index (χ4v) is 4.02. The third-order valence-electron chi connectivity index (χ3n) is 3.64. The normalized spacial score (nSPS) is 12.8. The summed E-state index contributed by atoms with van der Waals surface area (Å²) in [6, 6.07) is 11.6. The van der Waals surface area contributed by atoms with Gasteiger partial charge in [-0.3, -0.25) is 4.79 Å². The summed E-state index contributed by atoms with van der Waals surface area (Å²) in [6.07, 6.45) is 0. The van der Waals surface area contributed by atoms with Crippen LogP contribution in [0.1, 0.15) is 18.5 Å². The third kappa shape index (κ3) is 4.87. The van der Waals surface area contributed by atoms with Crippen molar-refractivity contribution in [1.82, 2.24) is 9.62 Å². The Hall–Kier alpha value is -1.77. The van der Waals surface area contributed by atoms with Crippen molar-refractivity contribution in [3.05, 3.63) is 64.4 Å². The zero-order valence-corrected chi connectivity index (χ0v) is 16.1. The Balaban J connectivity index is 2.04. The van der Waals surface area contributed by atoms with Gasteiger partial charge in [0.2, 0.25) is 15.9 Å². The van der Waals surface area contributed by atoms with Crippen LogP contribution in [0.25, 0.3) is 0 Å². The molecule has 1 atom stereocenters. The molecule has 1 N–H and O–H groups in total. The first kappa shape index (κ1) is 19.6. The second-order valence-electron chi connectivity index (χ2n) is 5.53. The molecule has 0 aliphatic rings. The number of carbonyl (C=O) groups excluding carboxylic acids is 1. The number of amides is 1. The van der Waals surface area contributed by atoms with E-state index in [2.05, 4.69) is 21.2 Å². The van der Waals surface area contributed by atoms with Crippen LogP contribution in [0.15, 0.2) is 57.9 Å². The molecule has 5 nitrogen and oxygen atoms in total. The Morgan fingerprint density at radius 3 is 2.40 bits per heavy atom. The second kappa shape index (κ2) is 8.07. The second-order valence-corrected chi connectivity index (χ2v) is 8.42. The SMILES string of the molecule is CC(NC(=O)CN(C)S(=O)(=O)c1ccc(F)cc1)c1ccccc1Br. The average Bonchev–Trinajstić information content (AvgIpc) is 2.55. The Labute approximate surface area is 155 Å². The van der Waals surface area contributed by atoms with E-state index in [1.807, 2.05) is 31.2 Å². The minimum absolute atomic E-state index is 0.0666. The average molecular weight is 429 g/mol. The van der Waals surface area contributed by atoms with E-state index in [0.717, 1.165) is 26.5 Å². The van der Waals surface area contributed by atoms with Gasteiger partial charge in [-0.1, -0.05) is 34.1 Å². The van der Waals surface area contributed by atoms with Gasteiger partial charge in [0.25, 0.3) is 0 Å². The van der Waals surface area contributed by atoms with Crippen LogP contribution in [0.5, 0.6) is 0 Å². The number of nitrogens with zero attached hydrogens (tertiary/aromatic N) is 1. The van der Waals surface area contributed by atoms with Gasteiger partial charge < -0.3 is 5.32 Å². The fourth-order valence-electron chi connectivity index (χ4n) is 2.26. The summed E-state index contributed by atoms with van der Waals surface area (Å²) in [5.41, 5.74) is 0.889. The van der Waals surface area contributed by atoms with E-state index in [4.69, 9.17) is 0 Å². The highest BCUT2D eigenvalue weighted by atomic mass is 79.9. The van der Waals surface area contributed by atoms with Gasteiger partial charge in [-0.15, -0.1) is 0 Å². The number of nitrogens with one attached hydrogen (secondary N) is 1. The van der Waals surface area contributed by atoms with Crippen LogP contribution < -0.4 is 5.32 Å². The van der Waals surface area contributed by atoms with Gasteiger partial charge in [0.1, 0.15) is 5.82 Å². The van der Waals surface area contributed by atoms with Crippen LogP contribution in [0.2, 0.25) is 0 Å². The number of hydrogen-bond donors (Lipinski definition) is 1. The molecule has 8 heteroatoms. The van der Waals surface area contributed by atoms with Crippen LogP contribution in [0.3, 0.4) is 0 Å². The number of hydrogen-bond acceptors (Lipinski definition) is 3. The number of benzene rings is 2. The lowest BCUT2D eigenvalue weighted by molar-refractivity contribution is -0.121. The van der Waals surface area contributed by atoms with Gasteiger partial charge in [0, 0.05) is 11.5 Å². The molecule has 1 amide bonds. The summed E-state index contributed by atoms with van der Waals surface area (Å²) in [5.74, 6) is -0.960. The molecule has 0 aliphatic carbocycles. The van der Waals surface area contributed by atoms with Crippen molar-refractivity contribution in [1.29, 1.82) is 0 Å². The Kier molecular flexibility index (Phi) is 6.31. The standard InChI is InChI=1S/C17H18BrFN2O3S/c1-12(15-5-3-4-6-16(15)18)20-17(22)11-21(2)25(23,24)14-9-7-13(19)8-10-14/h3-10,12H,11H2,1-2H3,(H,20,22). The maximum absolute atomic E-state index is 12.9.